The van der Waals surface area contributed by atoms with Crippen LogP contribution in [0.15, 0.2) is 67.1 Å². The average Bonchev–Trinajstić information content (AvgIpc) is 3.39. The van der Waals surface area contributed by atoms with Gasteiger partial charge in [-0.15, -0.1) is 0 Å². The first kappa shape index (κ1) is 24.4. The number of carbonyl (C=O) groups excluding carboxylic acids is 1. The maximum atomic E-state index is 11.4. The van der Waals surface area contributed by atoms with Gasteiger partial charge in [0.2, 0.25) is 0 Å². The van der Waals surface area contributed by atoms with Crippen molar-refractivity contribution in [1.82, 2.24) is 19.8 Å². The monoisotopic (exact) mass is 473 g/mol. The van der Waals surface area contributed by atoms with E-state index in [0.717, 1.165) is 48.9 Å². The van der Waals surface area contributed by atoms with Crippen molar-refractivity contribution in [2.24, 2.45) is 0 Å². The SMILES string of the molecule is CC(C)c1ccc(N2CCOCC2)cc1.Cc1nc(-c2cccc(C(=O)NO)c2)cn2ccnc12. The molecule has 0 bridgehead atoms. The van der Waals surface area contributed by atoms with Crippen LogP contribution >= 0.6 is 0 Å². The molecule has 8 heteroatoms. The molecule has 0 saturated carbocycles. The summed E-state index contributed by atoms with van der Waals surface area (Å²) in [6, 6.07) is 15.8. The minimum Gasteiger partial charge on any atom is -0.378 e. The Kier molecular flexibility index (Phi) is 7.74. The lowest BCUT2D eigenvalue weighted by atomic mass is 10.0. The Bertz CT molecular complexity index is 1280. The minimum atomic E-state index is -0.549. The molecule has 3 heterocycles. The van der Waals surface area contributed by atoms with E-state index in [1.165, 1.54) is 11.3 Å². The number of carbonyl (C=O) groups is 1. The highest BCUT2D eigenvalue weighted by molar-refractivity contribution is 5.94. The number of aryl methyl sites for hydroxylation is 1. The summed E-state index contributed by atoms with van der Waals surface area (Å²) in [6.45, 7) is 10.1. The Balaban J connectivity index is 0.000000172. The molecular formula is C27H31N5O3. The average molecular weight is 474 g/mol. The van der Waals surface area contributed by atoms with Crippen LogP contribution in [0.1, 0.15) is 41.4 Å². The molecule has 1 fully saturated rings. The fourth-order valence-electron chi connectivity index (χ4n) is 4.00. The molecule has 8 nitrogen and oxygen atoms in total. The summed E-state index contributed by atoms with van der Waals surface area (Å²) in [4.78, 5) is 22.5. The maximum Gasteiger partial charge on any atom is 0.274 e. The van der Waals surface area contributed by atoms with Crippen molar-refractivity contribution in [3.05, 3.63) is 83.9 Å². The van der Waals surface area contributed by atoms with Gasteiger partial charge in [-0.3, -0.25) is 10.0 Å². The van der Waals surface area contributed by atoms with Gasteiger partial charge in [0.25, 0.3) is 5.91 Å². The van der Waals surface area contributed by atoms with Crippen LogP contribution in [0.25, 0.3) is 16.9 Å². The summed E-state index contributed by atoms with van der Waals surface area (Å²) >= 11 is 0. The number of hydroxylamine groups is 1. The van der Waals surface area contributed by atoms with Crippen LogP contribution in [0.4, 0.5) is 5.69 Å². The van der Waals surface area contributed by atoms with Crippen LogP contribution in [0.5, 0.6) is 0 Å². The number of aromatic nitrogens is 3. The molecule has 1 aliphatic rings. The number of benzene rings is 2. The molecule has 1 amide bonds. The van der Waals surface area contributed by atoms with Gasteiger partial charge >= 0.3 is 0 Å². The number of ether oxygens (including phenoxy) is 1. The first-order chi connectivity index (χ1) is 17.0. The number of rotatable bonds is 4. The molecule has 2 aromatic carbocycles. The number of amides is 1. The van der Waals surface area contributed by atoms with Gasteiger partial charge < -0.3 is 14.0 Å². The summed E-state index contributed by atoms with van der Waals surface area (Å²) in [5, 5.41) is 8.68. The molecule has 35 heavy (non-hydrogen) atoms. The lowest BCUT2D eigenvalue weighted by Crippen LogP contribution is -2.36. The quantitative estimate of drug-likeness (QED) is 0.336. The van der Waals surface area contributed by atoms with E-state index in [9.17, 15) is 4.79 Å². The lowest BCUT2D eigenvalue weighted by Gasteiger charge is -2.29. The zero-order chi connectivity index (χ0) is 24.8. The van der Waals surface area contributed by atoms with Gasteiger partial charge in [-0.1, -0.05) is 38.1 Å². The number of anilines is 1. The lowest BCUT2D eigenvalue weighted by molar-refractivity contribution is 0.0706. The number of fused-ring (bicyclic) bond motifs is 1. The molecule has 182 valence electrons. The molecule has 0 radical (unpaired) electrons. The van der Waals surface area contributed by atoms with Crippen molar-refractivity contribution >= 4 is 17.2 Å². The summed E-state index contributed by atoms with van der Waals surface area (Å²) < 4.78 is 7.23. The molecule has 0 atom stereocenters. The third-order valence-electron chi connectivity index (χ3n) is 6.00. The highest BCUT2D eigenvalue weighted by atomic mass is 16.5. The van der Waals surface area contributed by atoms with Crippen LogP contribution in [0, 0.1) is 6.92 Å². The fourth-order valence-corrected chi connectivity index (χ4v) is 4.00. The van der Waals surface area contributed by atoms with Gasteiger partial charge in [0.1, 0.15) is 0 Å². The van der Waals surface area contributed by atoms with Gasteiger partial charge in [-0.05, 0) is 42.7 Å². The normalized spacial score (nSPS) is 13.5. The molecule has 1 saturated heterocycles. The Morgan fingerprint density at radius 1 is 1.11 bits per heavy atom. The first-order valence-corrected chi connectivity index (χ1v) is 11.7. The summed E-state index contributed by atoms with van der Waals surface area (Å²) in [5.74, 6) is 0.0658. The number of morpholine rings is 1. The molecule has 5 rings (SSSR count). The van der Waals surface area contributed by atoms with Crippen LogP contribution in [0.2, 0.25) is 0 Å². The Hall–Kier alpha value is -3.75. The Labute approximate surface area is 205 Å². The van der Waals surface area contributed by atoms with Crippen molar-refractivity contribution < 1.29 is 14.7 Å². The van der Waals surface area contributed by atoms with E-state index in [4.69, 9.17) is 9.94 Å². The van der Waals surface area contributed by atoms with Crippen LogP contribution in [-0.4, -0.2) is 51.8 Å². The molecule has 0 spiro atoms. The summed E-state index contributed by atoms with van der Waals surface area (Å²) in [7, 11) is 0. The molecule has 0 aliphatic carbocycles. The highest BCUT2D eigenvalue weighted by Gasteiger charge is 2.11. The summed E-state index contributed by atoms with van der Waals surface area (Å²) in [6.07, 6.45) is 5.41. The van der Waals surface area contributed by atoms with Crippen molar-refractivity contribution in [1.29, 1.82) is 0 Å². The molecular weight excluding hydrogens is 442 g/mol. The standard InChI is InChI=1S/C14H12N4O2.C13H19NO/c1-9-13-15-5-6-18(13)8-12(16-9)10-3-2-4-11(7-10)14(19)17-20;1-11(2)12-3-5-13(6-4-12)14-7-9-15-10-8-14/h2-8,20H,1H3,(H,17,19);3-6,11H,7-10H2,1-2H3. The predicted octanol–water partition coefficient (Wildman–Crippen LogP) is 4.47. The van der Waals surface area contributed by atoms with E-state index in [1.54, 1.807) is 29.9 Å². The smallest absolute Gasteiger partial charge is 0.274 e. The Morgan fingerprint density at radius 3 is 2.54 bits per heavy atom. The minimum absolute atomic E-state index is 0.371. The molecule has 1 aliphatic heterocycles. The molecule has 4 aromatic rings. The van der Waals surface area contributed by atoms with Crippen molar-refractivity contribution in [3.63, 3.8) is 0 Å². The Morgan fingerprint density at radius 2 is 1.86 bits per heavy atom. The number of nitrogens with zero attached hydrogens (tertiary/aromatic N) is 4. The van der Waals surface area contributed by atoms with Gasteiger partial charge in [0.15, 0.2) is 5.65 Å². The van der Waals surface area contributed by atoms with Crippen LogP contribution in [-0.2, 0) is 4.74 Å². The number of hydrogen-bond acceptors (Lipinski definition) is 6. The van der Waals surface area contributed by atoms with E-state index in [2.05, 4.69) is 53.0 Å². The topological polar surface area (TPSA) is 92.0 Å². The van der Waals surface area contributed by atoms with Crippen molar-refractivity contribution in [2.75, 3.05) is 31.2 Å². The predicted molar refractivity (Wildman–Crippen MR) is 136 cm³/mol. The third kappa shape index (κ3) is 5.85. The third-order valence-corrected chi connectivity index (χ3v) is 6.00. The van der Waals surface area contributed by atoms with Crippen LogP contribution in [0.3, 0.4) is 0 Å². The van der Waals surface area contributed by atoms with E-state index < -0.39 is 5.91 Å². The zero-order valence-electron chi connectivity index (χ0n) is 20.3. The van der Waals surface area contributed by atoms with E-state index >= 15 is 0 Å². The molecule has 2 aromatic heterocycles. The largest absolute Gasteiger partial charge is 0.378 e. The van der Waals surface area contributed by atoms with E-state index in [-0.39, 0.29) is 0 Å². The van der Waals surface area contributed by atoms with Crippen molar-refractivity contribution in [2.45, 2.75) is 26.7 Å². The fraction of sp³-hybridized carbons (Fsp3) is 0.296. The molecule has 0 unspecified atom stereocenters. The van der Waals surface area contributed by atoms with E-state index in [1.807, 2.05) is 29.8 Å². The van der Waals surface area contributed by atoms with Crippen molar-refractivity contribution in [3.8, 4) is 11.3 Å². The van der Waals surface area contributed by atoms with Gasteiger partial charge in [-0.25, -0.2) is 15.4 Å². The van der Waals surface area contributed by atoms with E-state index in [0.29, 0.717) is 11.5 Å². The van der Waals surface area contributed by atoms with Gasteiger partial charge in [0.05, 0.1) is 24.6 Å². The number of hydrogen-bond donors (Lipinski definition) is 2. The summed E-state index contributed by atoms with van der Waals surface area (Å²) in [5.41, 5.74) is 7.87. The second-order valence-corrected chi connectivity index (χ2v) is 8.74. The maximum absolute atomic E-state index is 11.4. The second kappa shape index (κ2) is 11.1. The number of imidazole rings is 1. The van der Waals surface area contributed by atoms with Gasteiger partial charge in [-0.2, -0.15) is 0 Å². The van der Waals surface area contributed by atoms with Crippen LogP contribution < -0.4 is 10.4 Å². The van der Waals surface area contributed by atoms with Gasteiger partial charge in [0, 0.05) is 48.5 Å². The zero-order valence-corrected chi connectivity index (χ0v) is 20.3. The molecule has 2 N–H and O–H groups in total. The first-order valence-electron chi connectivity index (χ1n) is 11.7. The second-order valence-electron chi connectivity index (χ2n) is 8.74. The number of nitrogens with one attached hydrogen (secondary N) is 1. The highest BCUT2D eigenvalue weighted by Crippen LogP contribution is 2.21.